The van der Waals surface area contributed by atoms with Crippen LogP contribution in [0.2, 0.25) is 0 Å². The van der Waals surface area contributed by atoms with E-state index in [4.69, 9.17) is 0 Å². The molecule has 0 spiro atoms. The van der Waals surface area contributed by atoms with Gasteiger partial charge in [-0.15, -0.1) is 0 Å². The van der Waals surface area contributed by atoms with Crippen LogP contribution in [0.3, 0.4) is 0 Å². The van der Waals surface area contributed by atoms with Gasteiger partial charge in [-0.25, -0.2) is 0 Å². The molecule has 2 rings (SSSR count). The molecule has 0 saturated carbocycles. The second kappa shape index (κ2) is 6.34. The molecule has 0 N–H and O–H groups in total. The topological polar surface area (TPSA) is 56.0 Å². The van der Waals surface area contributed by atoms with Gasteiger partial charge in [-0.05, 0) is 22.9 Å². The lowest BCUT2D eigenvalue weighted by Crippen LogP contribution is -2.26. The number of aromatic nitrogens is 4. The molecule has 126 valence electrons. The molecule has 1 amide bonds. The lowest BCUT2D eigenvalue weighted by Gasteiger charge is -2.15. The van der Waals surface area contributed by atoms with Crippen molar-refractivity contribution >= 4 is 21.8 Å². The molecule has 2 heterocycles. The van der Waals surface area contributed by atoms with Crippen LogP contribution in [0.4, 0.5) is 13.2 Å². The van der Waals surface area contributed by atoms with Crippen molar-refractivity contribution in [3.63, 3.8) is 0 Å². The van der Waals surface area contributed by atoms with Crippen LogP contribution in [0.15, 0.2) is 16.9 Å². The number of hydrogen-bond donors (Lipinski definition) is 0. The highest BCUT2D eigenvalue weighted by atomic mass is 79.9. The van der Waals surface area contributed by atoms with Gasteiger partial charge in [-0.2, -0.15) is 23.4 Å². The summed E-state index contributed by atoms with van der Waals surface area (Å²) >= 11 is 2.84. The number of rotatable bonds is 4. The smallest absolute Gasteiger partial charge is 0.336 e. The Morgan fingerprint density at radius 1 is 1.43 bits per heavy atom. The van der Waals surface area contributed by atoms with E-state index in [-0.39, 0.29) is 16.7 Å². The predicted octanol–water partition coefficient (Wildman–Crippen LogP) is 2.69. The number of amides is 1. The van der Waals surface area contributed by atoms with Gasteiger partial charge in [0.25, 0.3) is 5.91 Å². The third kappa shape index (κ3) is 3.57. The van der Waals surface area contributed by atoms with Gasteiger partial charge in [-0.3, -0.25) is 14.2 Å². The van der Waals surface area contributed by atoms with E-state index in [0.29, 0.717) is 11.2 Å². The minimum atomic E-state index is -4.60. The van der Waals surface area contributed by atoms with Crippen molar-refractivity contribution in [3.8, 4) is 0 Å². The number of nitrogens with zero attached hydrogens (tertiary/aromatic N) is 5. The second-order valence-electron chi connectivity index (χ2n) is 5.00. The fraction of sp³-hybridized carbons (Fsp3) is 0.462. The molecule has 0 aromatic carbocycles. The van der Waals surface area contributed by atoms with Gasteiger partial charge in [0, 0.05) is 38.9 Å². The molecule has 2 aromatic rings. The summed E-state index contributed by atoms with van der Waals surface area (Å²) in [6, 6.07) is 0. The normalized spacial score (nSPS) is 11.8. The zero-order chi connectivity index (χ0) is 17.4. The number of carbonyl (C=O) groups is 1. The highest BCUT2D eigenvalue weighted by molar-refractivity contribution is 9.10. The Morgan fingerprint density at radius 3 is 2.57 bits per heavy atom. The standard InChI is InChI=1S/C13H15BrF3N5O/c1-4-22-7-8(5-18-22)6-20(2)12(23)10-9(14)11(13(15,16)17)21(3)19-10/h5,7H,4,6H2,1-3H3. The van der Waals surface area contributed by atoms with Crippen LogP contribution in [-0.4, -0.2) is 37.4 Å². The molecule has 0 radical (unpaired) electrons. The van der Waals surface area contributed by atoms with Crippen LogP contribution in [0.1, 0.15) is 28.7 Å². The van der Waals surface area contributed by atoms with E-state index in [1.54, 1.807) is 17.1 Å². The maximum Gasteiger partial charge on any atom is 0.434 e. The zero-order valence-electron chi connectivity index (χ0n) is 12.7. The van der Waals surface area contributed by atoms with Crippen LogP contribution < -0.4 is 0 Å². The van der Waals surface area contributed by atoms with Crippen LogP contribution in [0.25, 0.3) is 0 Å². The van der Waals surface area contributed by atoms with Gasteiger partial charge in [-0.1, -0.05) is 0 Å². The first-order valence-corrected chi connectivity index (χ1v) is 7.51. The lowest BCUT2D eigenvalue weighted by atomic mass is 10.3. The molecule has 0 fully saturated rings. The molecule has 0 aliphatic carbocycles. The van der Waals surface area contributed by atoms with Crippen LogP contribution >= 0.6 is 15.9 Å². The van der Waals surface area contributed by atoms with Gasteiger partial charge in [0.15, 0.2) is 11.4 Å². The van der Waals surface area contributed by atoms with Crippen molar-refractivity contribution in [2.45, 2.75) is 26.2 Å². The summed E-state index contributed by atoms with van der Waals surface area (Å²) in [5.74, 6) is -0.604. The fourth-order valence-corrected chi connectivity index (χ4v) is 2.86. The third-order valence-electron chi connectivity index (χ3n) is 3.24. The van der Waals surface area contributed by atoms with Crippen LogP contribution in [0.5, 0.6) is 0 Å². The second-order valence-corrected chi connectivity index (χ2v) is 5.79. The fourth-order valence-electron chi connectivity index (χ4n) is 2.13. The average Bonchev–Trinajstić information content (AvgIpc) is 3.01. The molecular formula is C13H15BrF3N5O. The monoisotopic (exact) mass is 393 g/mol. The first-order chi connectivity index (χ1) is 10.6. The Hall–Kier alpha value is -1.84. The first-order valence-electron chi connectivity index (χ1n) is 6.71. The highest BCUT2D eigenvalue weighted by Crippen LogP contribution is 2.36. The average molecular weight is 394 g/mol. The lowest BCUT2D eigenvalue weighted by molar-refractivity contribution is -0.144. The number of aryl methyl sites for hydroxylation is 2. The number of alkyl halides is 3. The van der Waals surface area contributed by atoms with Gasteiger partial charge in [0.2, 0.25) is 0 Å². The van der Waals surface area contributed by atoms with E-state index >= 15 is 0 Å². The van der Waals surface area contributed by atoms with E-state index in [1.165, 1.54) is 11.9 Å². The molecule has 0 unspecified atom stereocenters. The maximum absolute atomic E-state index is 12.9. The molecule has 0 aliphatic heterocycles. The van der Waals surface area contributed by atoms with Gasteiger partial charge < -0.3 is 4.90 Å². The molecule has 2 aromatic heterocycles. The number of halogens is 4. The van der Waals surface area contributed by atoms with Gasteiger partial charge >= 0.3 is 6.18 Å². The Labute approximate surface area is 139 Å². The van der Waals surface area contributed by atoms with E-state index in [9.17, 15) is 18.0 Å². The molecule has 10 heteroatoms. The summed E-state index contributed by atoms with van der Waals surface area (Å²) in [6.45, 7) is 2.84. The Kier molecular flexibility index (Phi) is 4.83. The van der Waals surface area contributed by atoms with E-state index < -0.39 is 17.8 Å². The summed E-state index contributed by atoms with van der Waals surface area (Å²) in [4.78, 5) is 13.7. The van der Waals surface area contributed by atoms with E-state index in [0.717, 1.165) is 12.6 Å². The summed E-state index contributed by atoms with van der Waals surface area (Å²) < 4.78 is 40.8. The SMILES string of the molecule is CCn1cc(CN(C)C(=O)c2nn(C)c(C(F)(F)F)c2Br)cn1. The van der Waals surface area contributed by atoms with Crippen molar-refractivity contribution in [2.24, 2.45) is 7.05 Å². The van der Waals surface area contributed by atoms with Gasteiger partial charge in [0.1, 0.15) is 0 Å². The highest BCUT2D eigenvalue weighted by Gasteiger charge is 2.40. The van der Waals surface area contributed by atoms with Crippen LogP contribution in [0, 0.1) is 0 Å². The van der Waals surface area contributed by atoms with E-state index in [1.807, 2.05) is 6.92 Å². The van der Waals surface area contributed by atoms with Gasteiger partial charge in [0.05, 0.1) is 10.7 Å². The summed E-state index contributed by atoms with van der Waals surface area (Å²) in [6.07, 6.45) is -1.21. The molecule has 0 aliphatic rings. The maximum atomic E-state index is 12.9. The predicted molar refractivity (Wildman–Crippen MR) is 79.6 cm³/mol. The third-order valence-corrected chi connectivity index (χ3v) is 3.99. The Bertz CT molecular complexity index is 722. The first kappa shape index (κ1) is 17.5. The van der Waals surface area contributed by atoms with Crippen molar-refractivity contribution in [1.82, 2.24) is 24.5 Å². The largest absolute Gasteiger partial charge is 0.434 e. The van der Waals surface area contributed by atoms with Crippen molar-refractivity contribution in [3.05, 3.63) is 33.8 Å². The Balaban J connectivity index is 2.23. The minimum Gasteiger partial charge on any atom is -0.336 e. The van der Waals surface area contributed by atoms with Crippen molar-refractivity contribution in [2.75, 3.05) is 7.05 Å². The van der Waals surface area contributed by atoms with Crippen LogP contribution in [-0.2, 0) is 26.3 Å². The molecule has 0 bridgehead atoms. The molecule has 0 atom stereocenters. The quantitative estimate of drug-likeness (QED) is 0.802. The molecule has 0 saturated heterocycles. The molecule has 23 heavy (non-hydrogen) atoms. The summed E-state index contributed by atoms with van der Waals surface area (Å²) in [7, 11) is 2.65. The zero-order valence-corrected chi connectivity index (χ0v) is 14.3. The van der Waals surface area contributed by atoms with E-state index in [2.05, 4.69) is 26.1 Å². The van der Waals surface area contributed by atoms with Crippen molar-refractivity contribution < 1.29 is 18.0 Å². The number of hydrogen-bond acceptors (Lipinski definition) is 3. The number of carbonyl (C=O) groups excluding carboxylic acids is 1. The summed E-state index contributed by atoms with van der Waals surface area (Å²) in [5, 5.41) is 7.79. The molecule has 6 nitrogen and oxygen atoms in total. The molecular weight excluding hydrogens is 379 g/mol. The Morgan fingerprint density at radius 2 is 2.09 bits per heavy atom. The van der Waals surface area contributed by atoms with Crippen molar-refractivity contribution in [1.29, 1.82) is 0 Å². The minimum absolute atomic E-state index is 0.225. The summed E-state index contributed by atoms with van der Waals surface area (Å²) in [5.41, 5.74) is -0.482.